The fourth-order valence-electron chi connectivity index (χ4n) is 2.41. The second-order valence-corrected chi connectivity index (χ2v) is 5.28. The quantitative estimate of drug-likeness (QED) is 0.669. The second-order valence-electron chi connectivity index (χ2n) is 5.28. The number of hydrogen-bond acceptors (Lipinski definition) is 3. The lowest BCUT2D eigenvalue weighted by Crippen LogP contribution is -2.00. The molecule has 0 aliphatic rings. The average molecular weight is 251 g/mol. The Bertz CT molecular complexity index is 776. The minimum Gasteiger partial charge on any atom is -0.383 e. The Morgan fingerprint density at radius 2 is 1.58 bits per heavy atom. The van der Waals surface area contributed by atoms with Gasteiger partial charge in [-0.05, 0) is 30.5 Å². The van der Waals surface area contributed by atoms with Crippen LogP contribution in [-0.4, -0.2) is 9.97 Å². The first-order valence-electron chi connectivity index (χ1n) is 6.53. The van der Waals surface area contributed by atoms with Crippen LogP contribution < -0.4 is 5.73 Å². The van der Waals surface area contributed by atoms with E-state index in [9.17, 15) is 0 Å². The van der Waals surface area contributed by atoms with Crippen LogP contribution >= 0.6 is 0 Å². The summed E-state index contributed by atoms with van der Waals surface area (Å²) in [6.07, 6.45) is 0. The number of pyridine rings is 2. The van der Waals surface area contributed by atoms with Crippen LogP contribution in [0.25, 0.3) is 21.8 Å². The van der Waals surface area contributed by atoms with Crippen molar-refractivity contribution in [1.82, 2.24) is 9.97 Å². The molecule has 96 valence electrons. The summed E-state index contributed by atoms with van der Waals surface area (Å²) < 4.78 is 0. The van der Waals surface area contributed by atoms with Gasteiger partial charge in [0.1, 0.15) is 5.82 Å². The van der Waals surface area contributed by atoms with Gasteiger partial charge in [0.2, 0.25) is 0 Å². The molecule has 3 rings (SSSR count). The minimum absolute atomic E-state index is 0.373. The van der Waals surface area contributed by atoms with Crippen LogP contribution in [0.2, 0.25) is 0 Å². The maximum atomic E-state index is 6.08. The lowest BCUT2D eigenvalue weighted by atomic mass is 10.0. The number of anilines is 1. The average Bonchev–Trinajstić information content (AvgIpc) is 2.37. The van der Waals surface area contributed by atoms with Crippen molar-refractivity contribution >= 4 is 27.6 Å². The highest BCUT2D eigenvalue weighted by atomic mass is 14.9. The molecule has 3 heteroatoms. The largest absolute Gasteiger partial charge is 0.383 e. The van der Waals surface area contributed by atoms with Crippen LogP contribution in [-0.2, 0) is 0 Å². The zero-order chi connectivity index (χ0) is 13.6. The molecule has 0 atom stereocenters. The first-order valence-corrected chi connectivity index (χ1v) is 6.53. The van der Waals surface area contributed by atoms with E-state index in [0.717, 1.165) is 33.1 Å². The van der Waals surface area contributed by atoms with Crippen molar-refractivity contribution in [3.8, 4) is 0 Å². The molecular formula is C16H17N3. The molecule has 0 aliphatic carbocycles. The Balaban J connectivity index is 2.42. The van der Waals surface area contributed by atoms with Crippen LogP contribution in [0.3, 0.4) is 0 Å². The number of benzene rings is 1. The van der Waals surface area contributed by atoms with Gasteiger partial charge in [0.25, 0.3) is 0 Å². The third kappa shape index (κ3) is 1.91. The summed E-state index contributed by atoms with van der Waals surface area (Å²) in [5, 5.41) is 2.20. The lowest BCUT2D eigenvalue weighted by molar-refractivity contribution is 0.866. The van der Waals surface area contributed by atoms with Gasteiger partial charge in [0.05, 0.1) is 11.0 Å². The highest BCUT2D eigenvalue weighted by molar-refractivity contribution is 6.03. The Labute approximate surface area is 112 Å². The minimum atomic E-state index is 0.373. The summed E-state index contributed by atoms with van der Waals surface area (Å²) in [6.45, 7) is 6.25. The predicted octanol–water partition coefficient (Wildman–Crippen LogP) is 3.80. The molecule has 0 unspecified atom stereocenters. The van der Waals surface area contributed by atoms with E-state index < -0.39 is 0 Å². The predicted molar refractivity (Wildman–Crippen MR) is 80.3 cm³/mol. The molecule has 2 aromatic heterocycles. The zero-order valence-corrected chi connectivity index (χ0v) is 11.4. The summed E-state index contributed by atoms with van der Waals surface area (Å²) in [5.74, 6) is 0.983. The normalized spacial score (nSPS) is 11.6. The van der Waals surface area contributed by atoms with Crippen molar-refractivity contribution in [3.63, 3.8) is 0 Å². The number of aromatic nitrogens is 2. The first kappa shape index (κ1) is 11.9. The fourth-order valence-corrected chi connectivity index (χ4v) is 2.41. The highest BCUT2D eigenvalue weighted by Crippen LogP contribution is 2.28. The molecule has 0 radical (unpaired) electrons. The van der Waals surface area contributed by atoms with Crippen molar-refractivity contribution in [2.24, 2.45) is 0 Å². The van der Waals surface area contributed by atoms with Crippen molar-refractivity contribution in [2.45, 2.75) is 26.7 Å². The van der Waals surface area contributed by atoms with Crippen molar-refractivity contribution in [1.29, 1.82) is 0 Å². The summed E-state index contributed by atoms with van der Waals surface area (Å²) in [7, 11) is 0. The number of rotatable bonds is 1. The molecule has 3 aromatic rings. The second kappa shape index (κ2) is 4.19. The molecule has 2 heterocycles. The third-order valence-corrected chi connectivity index (χ3v) is 3.47. The smallest absolute Gasteiger partial charge is 0.127 e. The van der Waals surface area contributed by atoms with Crippen LogP contribution in [0, 0.1) is 6.92 Å². The molecule has 0 aliphatic heterocycles. The molecule has 0 amide bonds. The molecule has 1 aromatic carbocycles. The molecule has 3 nitrogen and oxygen atoms in total. The van der Waals surface area contributed by atoms with Gasteiger partial charge in [-0.15, -0.1) is 0 Å². The van der Waals surface area contributed by atoms with Crippen LogP contribution in [0.5, 0.6) is 0 Å². The van der Waals surface area contributed by atoms with E-state index in [2.05, 4.69) is 48.1 Å². The molecule has 2 N–H and O–H groups in total. The Kier molecular flexibility index (Phi) is 2.63. The molecule has 0 saturated heterocycles. The Morgan fingerprint density at radius 3 is 2.32 bits per heavy atom. The van der Waals surface area contributed by atoms with Gasteiger partial charge in [-0.1, -0.05) is 32.0 Å². The van der Waals surface area contributed by atoms with E-state index in [0.29, 0.717) is 11.7 Å². The van der Waals surface area contributed by atoms with Crippen LogP contribution in [0.1, 0.15) is 31.0 Å². The summed E-state index contributed by atoms with van der Waals surface area (Å²) in [4.78, 5) is 9.18. The number of nitrogen functional groups attached to an aromatic ring is 1. The van der Waals surface area contributed by atoms with Crippen molar-refractivity contribution < 1.29 is 0 Å². The van der Waals surface area contributed by atoms with E-state index in [1.54, 1.807) is 0 Å². The molecule has 19 heavy (non-hydrogen) atoms. The standard InChI is InChI=1S/C16H17N3/c1-9(2)13-8-12-7-6-11-5-4-10(3)18-14(11)15(12)19-16(13)17/h4-9H,1-3H3,(H2,17,19). The molecule has 0 fully saturated rings. The molecule has 0 spiro atoms. The summed E-state index contributed by atoms with van der Waals surface area (Å²) in [6, 6.07) is 10.4. The van der Waals surface area contributed by atoms with Gasteiger partial charge in [0, 0.05) is 16.5 Å². The molecular weight excluding hydrogens is 234 g/mol. The Morgan fingerprint density at radius 1 is 0.947 bits per heavy atom. The maximum absolute atomic E-state index is 6.08. The van der Waals surface area contributed by atoms with E-state index >= 15 is 0 Å². The van der Waals surface area contributed by atoms with Gasteiger partial charge < -0.3 is 5.73 Å². The number of fused-ring (bicyclic) bond motifs is 3. The van der Waals surface area contributed by atoms with Gasteiger partial charge >= 0.3 is 0 Å². The molecule has 0 saturated carbocycles. The van der Waals surface area contributed by atoms with Gasteiger partial charge in [-0.2, -0.15) is 0 Å². The number of nitrogens with zero attached hydrogens (tertiary/aromatic N) is 2. The third-order valence-electron chi connectivity index (χ3n) is 3.47. The monoisotopic (exact) mass is 251 g/mol. The van der Waals surface area contributed by atoms with Crippen molar-refractivity contribution in [3.05, 3.63) is 41.6 Å². The van der Waals surface area contributed by atoms with E-state index in [-0.39, 0.29) is 0 Å². The number of aryl methyl sites for hydroxylation is 1. The highest BCUT2D eigenvalue weighted by Gasteiger charge is 2.10. The number of nitrogens with two attached hydrogens (primary N) is 1. The van der Waals surface area contributed by atoms with Gasteiger partial charge in [0.15, 0.2) is 0 Å². The van der Waals surface area contributed by atoms with Gasteiger partial charge in [-0.25, -0.2) is 4.98 Å². The molecule has 0 bridgehead atoms. The maximum Gasteiger partial charge on any atom is 0.127 e. The van der Waals surface area contributed by atoms with Crippen LogP contribution in [0.4, 0.5) is 5.82 Å². The zero-order valence-electron chi connectivity index (χ0n) is 11.4. The van der Waals surface area contributed by atoms with E-state index in [1.165, 1.54) is 0 Å². The van der Waals surface area contributed by atoms with E-state index in [4.69, 9.17) is 5.73 Å². The van der Waals surface area contributed by atoms with Crippen LogP contribution in [0.15, 0.2) is 30.3 Å². The SMILES string of the molecule is Cc1ccc2ccc3cc(C(C)C)c(N)nc3c2n1. The first-order chi connectivity index (χ1) is 9.06. The summed E-state index contributed by atoms with van der Waals surface area (Å²) in [5.41, 5.74) is 9.99. The number of hydrogen-bond donors (Lipinski definition) is 1. The van der Waals surface area contributed by atoms with Crippen molar-refractivity contribution in [2.75, 3.05) is 5.73 Å². The fraction of sp³-hybridized carbons (Fsp3) is 0.250. The topological polar surface area (TPSA) is 51.8 Å². The van der Waals surface area contributed by atoms with E-state index in [1.807, 2.05) is 13.0 Å². The van der Waals surface area contributed by atoms with Gasteiger partial charge in [-0.3, -0.25) is 4.98 Å². The summed E-state index contributed by atoms with van der Waals surface area (Å²) >= 11 is 0. The Hall–Kier alpha value is -2.16. The lowest BCUT2D eigenvalue weighted by Gasteiger charge is -2.11.